The Bertz CT molecular complexity index is 195. The first-order valence-corrected chi connectivity index (χ1v) is 3.00. The number of aliphatic imine (C=N–C) groups is 1. The Morgan fingerprint density at radius 1 is 1.80 bits per heavy atom. The van der Waals surface area contributed by atoms with E-state index in [2.05, 4.69) is 10.1 Å². The summed E-state index contributed by atoms with van der Waals surface area (Å²) < 4.78 is 0. The van der Waals surface area contributed by atoms with Gasteiger partial charge in [-0.25, -0.2) is 0 Å². The third-order valence-corrected chi connectivity index (χ3v) is 1.36. The molecule has 1 rings (SSSR count). The van der Waals surface area contributed by atoms with Crippen LogP contribution in [0.4, 0.5) is 0 Å². The van der Waals surface area contributed by atoms with Crippen molar-refractivity contribution in [2.45, 2.75) is 6.42 Å². The van der Waals surface area contributed by atoms with Gasteiger partial charge in [-0.1, -0.05) is 11.2 Å². The summed E-state index contributed by atoms with van der Waals surface area (Å²) in [5.74, 6) is 0.255. The Morgan fingerprint density at radius 3 is 3.10 bits per heavy atom. The molecule has 1 atom stereocenters. The van der Waals surface area contributed by atoms with Crippen molar-refractivity contribution < 1.29 is 5.21 Å². The largest absolute Gasteiger partial charge is 0.409 e. The normalized spacial score (nSPS) is 25.2. The van der Waals surface area contributed by atoms with E-state index in [1.54, 1.807) is 18.5 Å². The summed E-state index contributed by atoms with van der Waals surface area (Å²) in [7, 11) is 0. The van der Waals surface area contributed by atoms with Gasteiger partial charge >= 0.3 is 0 Å². The quantitative estimate of drug-likeness (QED) is 0.238. The van der Waals surface area contributed by atoms with Gasteiger partial charge in [0.25, 0.3) is 0 Å². The number of hydrogen-bond donors (Lipinski definition) is 2. The lowest BCUT2D eigenvalue weighted by molar-refractivity contribution is 0.315. The second kappa shape index (κ2) is 3.00. The molecule has 0 amide bonds. The minimum Gasteiger partial charge on any atom is -0.409 e. The molecule has 0 fully saturated rings. The van der Waals surface area contributed by atoms with Crippen LogP contribution in [0.3, 0.4) is 0 Å². The highest BCUT2D eigenvalue weighted by molar-refractivity contribution is 5.86. The van der Waals surface area contributed by atoms with Gasteiger partial charge < -0.3 is 10.9 Å². The van der Waals surface area contributed by atoms with Crippen LogP contribution >= 0.6 is 0 Å². The average Bonchev–Trinajstić information content (AvgIpc) is 2.05. The monoisotopic (exact) mass is 139 g/mol. The molecule has 0 radical (unpaired) electrons. The maximum atomic E-state index is 8.27. The number of nitrogens with zero attached hydrogens (tertiary/aromatic N) is 2. The van der Waals surface area contributed by atoms with Crippen LogP contribution in [0, 0.1) is 5.92 Å². The standard InChI is InChI=1S/C6H9N3O/c7-6(9-10)5-1-3-8-4-2-5/h1,3-5,10H,2H2,(H2,7,9). The Kier molecular flexibility index (Phi) is 2.04. The Balaban J connectivity index is 2.59. The molecule has 1 unspecified atom stereocenters. The van der Waals surface area contributed by atoms with E-state index in [1.807, 2.05) is 0 Å². The second-order valence-corrected chi connectivity index (χ2v) is 2.04. The molecule has 1 aliphatic heterocycles. The third-order valence-electron chi connectivity index (χ3n) is 1.36. The highest BCUT2D eigenvalue weighted by atomic mass is 16.4. The van der Waals surface area contributed by atoms with Crippen LogP contribution in [0.5, 0.6) is 0 Å². The van der Waals surface area contributed by atoms with Crippen molar-refractivity contribution in [3.63, 3.8) is 0 Å². The molecule has 0 aromatic heterocycles. The summed E-state index contributed by atoms with van der Waals surface area (Å²) in [5.41, 5.74) is 5.33. The Labute approximate surface area is 58.7 Å². The summed E-state index contributed by atoms with van der Waals surface area (Å²) in [6.45, 7) is 0. The molecule has 0 spiro atoms. The topological polar surface area (TPSA) is 71.0 Å². The summed E-state index contributed by atoms with van der Waals surface area (Å²) in [6.07, 6.45) is 5.90. The molecule has 10 heavy (non-hydrogen) atoms. The van der Waals surface area contributed by atoms with Gasteiger partial charge in [0.15, 0.2) is 0 Å². The van der Waals surface area contributed by atoms with Crippen LogP contribution in [0.1, 0.15) is 6.42 Å². The van der Waals surface area contributed by atoms with Crippen molar-refractivity contribution in [3.8, 4) is 0 Å². The minimum absolute atomic E-state index is 0.0162. The van der Waals surface area contributed by atoms with E-state index in [1.165, 1.54) is 0 Å². The van der Waals surface area contributed by atoms with Gasteiger partial charge in [0.1, 0.15) is 5.84 Å². The predicted octanol–water partition coefficient (Wildman–Crippen LogP) is 0.337. The van der Waals surface area contributed by atoms with Crippen molar-refractivity contribution in [3.05, 3.63) is 12.3 Å². The lowest BCUT2D eigenvalue weighted by atomic mass is 10.0. The lowest BCUT2D eigenvalue weighted by Crippen LogP contribution is -2.23. The third kappa shape index (κ3) is 1.34. The lowest BCUT2D eigenvalue weighted by Gasteiger charge is -2.08. The van der Waals surface area contributed by atoms with E-state index in [4.69, 9.17) is 10.9 Å². The molecule has 0 bridgehead atoms. The second-order valence-electron chi connectivity index (χ2n) is 2.04. The fourth-order valence-electron chi connectivity index (χ4n) is 0.761. The first-order chi connectivity index (χ1) is 4.84. The zero-order valence-electron chi connectivity index (χ0n) is 5.44. The van der Waals surface area contributed by atoms with E-state index >= 15 is 0 Å². The zero-order chi connectivity index (χ0) is 7.40. The first kappa shape index (κ1) is 6.80. The molecule has 4 heteroatoms. The van der Waals surface area contributed by atoms with Crippen LogP contribution in [-0.2, 0) is 0 Å². The van der Waals surface area contributed by atoms with Gasteiger partial charge in [0.2, 0.25) is 0 Å². The maximum absolute atomic E-state index is 8.27. The van der Waals surface area contributed by atoms with E-state index in [9.17, 15) is 0 Å². The first-order valence-electron chi connectivity index (χ1n) is 3.00. The van der Waals surface area contributed by atoms with Crippen molar-refractivity contribution >= 4 is 12.1 Å². The summed E-state index contributed by atoms with van der Waals surface area (Å²) >= 11 is 0. The number of hydrogen-bond acceptors (Lipinski definition) is 3. The van der Waals surface area contributed by atoms with Gasteiger partial charge in [-0.3, -0.25) is 4.99 Å². The van der Waals surface area contributed by atoms with Crippen LogP contribution < -0.4 is 5.73 Å². The van der Waals surface area contributed by atoms with E-state index < -0.39 is 0 Å². The Hall–Kier alpha value is -1.32. The van der Waals surface area contributed by atoms with Crippen molar-refractivity contribution in [1.29, 1.82) is 0 Å². The predicted molar refractivity (Wildman–Crippen MR) is 39.1 cm³/mol. The maximum Gasteiger partial charge on any atom is 0.146 e. The molecule has 3 N–H and O–H groups in total. The minimum atomic E-state index is 0.0162. The summed E-state index contributed by atoms with van der Waals surface area (Å²) in [6, 6.07) is 0. The zero-order valence-corrected chi connectivity index (χ0v) is 5.44. The molecule has 0 aromatic rings. The SMILES string of the molecule is N/C(=N\O)C1C=CN=CC1. The van der Waals surface area contributed by atoms with Crippen LogP contribution in [-0.4, -0.2) is 17.3 Å². The van der Waals surface area contributed by atoms with Gasteiger partial charge in [0.05, 0.1) is 0 Å². The molecule has 0 aliphatic carbocycles. The van der Waals surface area contributed by atoms with E-state index in [0.717, 1.165) is 0 Å². The fraction of sp³-hybridized carbons (Fsp3) is 0.333. The molecule has 1 aliphatic rings. The van der Waals surface area contributed by atoms with Crippen LogP contribution in [0.15, 0.2) is 22.4 Å². The van der Waals surface area contributed by atoms with E-state index in [-0.39, 0.29) is 11.8 Å². The molecular weight excluding hydrogens is 130 g/mol. The van der Waals surface area contributed by atoms with Crippen LogP contribution in [0.25, 0.3) is 0 Å². The number of amidine groups is 1. The van der Waals surface area contributed by atoms with Crippen molar-refractivity contribution in [2.24, 2.45) is 21.8 Å². The number of nitrogens with two attached hydrogens (primary N) is 1. The molecule has 4 nitrogen and oxygen atoms in total. The van der Waals surface area contributed by atoms with Gasteiger partial charge in [-0.15, -0.1) is 0 Å². The summed E-state index contributed by atoms with van der Waals surface area (Å²) in [5, 5.41) is 11.2. The molecule has 0 saturated heterocycles. The highest BCUT2D eigenvalue weighted by Gasteiger charge is 2.09. The molecule has 1 heterocycles. The van der Waals surface area contributed by atoms with Gasteiger partial charge in [0, 0.05) is 18.3 Å². The van der Waals surface area contributed by atoms with Crippen LogP contribution in [0.2, 0.25) is 0 Å². The van der Waals surface area contributed by atoms with E-state index in [0.29, 0.717) is 6.42 Å². The number of oxime groups is 1. The number of rotatable bonds is 1. The van der Waals surface area contributed by atoms with Crippen molar-refractivity contribution in [2.75, 3.05) is 0 Å². The highest BCUT2D eigenvalue weighted by Crippen LogP contribution is 2.07. The molecular formula is C6H9N3O. The molecule has 54 valence electrons. The molecule has 0 saturated carbocycles. The van der Waals surface area contributed by atoms with Crippen molar-refractivity contribution in [1.82, 2.24) is 0 Å². The summed E-state index contributed by atoms with van der Waals surface area (Å²) in [4.78, 5) is 3.85. The molecule has 0 aromatic carbocycles. The average molecular weight is 139 g/mol. The van der Waals surface area contributed by atoms with Gasteiger partial charge in [-0.05, 0) is 6.42 Å². The van der Waals surface area contributed by atoms with Gasteiger partial charge in [-0.2, -0.15) is 0 Å². The fourth-order valence-corrected chi connectivity index (χ4v) is 0.761. The Morgan fingerprint density at radius 2 is 2.60 bits per heavy atom. The smallest absolute Gasteiger partial charge is 0.146 e.